The predicted molar refractivity (Wildman–Crippen MR) is 125 cm³/mol. The smallest absolute Gasteiger partial charge is 0.325 e. The Morgan fingerprint density at radius 1 is 1.03 bits per heavy atom. The van der Waals surface area contributed by atoms with Gasteiger partial charge in [-0.1, -0.05) is 35.9 Å². The van der Waals surface area contributed by atoms with E-state index in [4.69, 9.17) is 4.74 Å². The van der Waals surface area contributed by atoms with Gasteiger partial charge in [0.15, 0.2) is 5.54 Å². The van der Waals surface area contributed by atoms with Gasteiger partial charge in [0.25, 0.3) is 5.91 Å². The topological polar surface area (TPSA) is 116 Å². The number of nitrogens with zero attached hydrogens (tertiary/aromatic N) is 3. The fourth-order valence-corrected chi connectivity index (χ4v) is 6.21. The summed E-state index contributed by atoms with van der Waals surface area (Å²) in [6, 6.07) is 13.1. The number of amides is 4. The highest BCUT2D eigenvalue weighted by molar-refractivity contribution is 7.89. The summed E-state index contributed by atoms with van der Waals surface area (Å²) in [4.78, 5) is 41.7. The van der Waals surface area contributed by atoms with Crippen LogP contribution in [0.1, 0.15) is 17.5 Å². The van der Waals surface area contributed by atoms with E-state index in [1.165, 1.54) is 9.21 Å². The number of urea groups is 1. The van der Waals surface area contributed by atoms with Crippen molar-refractivity contribution in [2.24, 2.45) is 0 Å². The second-order valence-electron chi connectivity index (χ2n) is 8.92. The highest BCUT2D eigenvalue weighted by atomic mass is 32.2. The number of para-hydroxylation sites is 1. The van der Waals surface area contributed by atoms with Gasteiger partial charge in [-0.15, -0.1) is 0 Å². The molecular weight excluding hydrogens is 472 g/mol. The summed E-state index contributed by atoms with van der Waals surface area (Å²) in [6.45, 7) is 2.37. The molecule has 0 unspecified atom stereocenters. The summed E-state index contributed by atoms with van der Waals surface area (Å²) < 4.78 is 32.8. The van der Waals surface area contributed by atoms with Crippen molar-refractivity contribution in [3.8, 4) is 5.75 Å². The summed E-state index contributed by atoms with van der Waals surface area (Å²) in [5, 5.41) is 2.78. The minimum Gasteiger partial charge on any atom is -0.493 e. The first-order valence-corrected chi connectivity index (χ1v) is 12.9. The molecule has 2 saturated heterocycles. The van der Waals surface area contributed by atoms with Crippen LogP contribution in [0.25, 0.3) is 0 Å². The number of carbonyl (C=O) groups is 3. The first-order chi connectivity index (χ1) is 16.7. The maximum absolute atomic E-state index is 13.4. The molecule has 10 nitrogen and oxygen atoms in total. The number of nitrogens with one attached hydrogen (secondary N) is 1. The average Bonchev–Trinajstić information content (AvgIpc) is 3.09. The molecule has 0 saturated carbocycles. The van der Waals surface area contributed by atoms with Gasteiger partial charge in [-0.2, -0.15) is 4.31 Å². The zero-order valence-corrected chi connectivity index (χ0v) is 20.1. The molecule has 11 heteroatoms. The summed E-state index contributed by atoms with van der Waals surface area (Å²) in [5.74, 6) is -0.350. The Labute approximate surface area is 203 Å². The monoisotopic (exact) mass is 498 g/mol. The van der Waals surface area contributed by atoms with Crippen LogP contribution < -0.4 is 10.1 Å². The molecule has 35 heavy (non-hydrogen) atoms. The van der Waals surface area contributed by atoms with Gasteiger partial charge in [0, 0.05) is 38.2 Å². The fourth-order valence-electron chi connectivity index (χ4n) is 4.79. The summed E-state index contributed by atoms with van der Waals surface area (Å²) in [5.41, 5.74) is 0.299. The van der Waals surface area contributed by atoms with Gasteiger partial charge in [0.1, 0.15) is 12.3 Å². The number of aryl methyl sites for hydroxylation is 1. The lowest BCUT2D eigenvalue weighted by Gasteiger charge is -2.35. The van der Waals surface area contributed by atoms with Crippen molar-refractivity contribution in [3.05, 3.63) is 59.7 Å². The first-order valence-electron chi connectivity index (χ1n) is 11.4. The first kappa shape index (κ1) is 23.3. The van der Waals surface area contributed by atoms with Gasteiger partial charge in [0.2, 0.25) is 15.9 Å². The average molecular weight is 499 g/mol. The van der Waals surface area contributed by atoms with E-state index in [1.54, 1.807) is 48.5 Å². The van der Waals surface area contributed by atoms with Gasteiger partial charge in [-0.3, -0.25) is 14.5 Å². The summed E-state index contributed by atoms with van der Waals surface area (Å²) in [6.07, 6.45) is 0.273. The minimum atomic E-state index is -3.66. The number of ether oxygens (including phenoxy) is 1. The standard InChI is InChI=1S/C24H26N4O6S/c1-17-6-8-18(9-7-17)35(32,33)27-13-11-26(12-14-27)21(29)16-28-22(30)24(25-23(28)31)10-15-34-20-5-3-2-4-19(20)24/h2-9H,10-16H2,1H3,(H,25,31)/t24-/m1/s1. The number of hydrogen-bond acceptors (Lipinski definition) is 6. The number of benzene rings is 2. The van der Waals surface area contributed by atoms with Crippen LogP contribution in [0.3, 0.4) is 0 Å². The van der Waals surface area contributed by atoms with Crippen LogP contribution >= 0.6 is 0 Å². The number of fused-ring (bicyclic) bond motifs is 2. The Kier molecular flexibility index (Phi) is 5.76. The maximum atomic E-state index is 13.4. The lowest BCUT2D eigenvalue weighted by Crippen LogP contribution is -2.53. The highest BCUT2D eigenvalue weighted by Gasteiger charge is 2.55. The Morgan fingerprint density at radius 2 is 1.71 bits per heavy atom. The Hall–Kier alpha value is -3.44. The van der Waals surface area contributed by atoms with Crippen LogP contribution in [0.15, 0.2) is 53.4 Å². The van der Waals surface area contributed by atoms with E-state index in [2.05, 4.69) is 5.32 Å². The predicted octanol–water partition coefficient (Wildman–Crippen LogP) is 1.06. The van der Waals surface area contributed by atoms with Crippen LogP contribution in [-0.2, 0) is 25.2 Å². The van der Waals surface area contributed by atoms with E-state index >= 15 is 0 Å². The molecule has 3 aliphatic heterocycles. The van der Waals surface area contributed by atoms with E-state index < -0.39 is 40.0 Å². The maximum Gasteiger partial charge on any atom is 0.325 e. The number of hydrogen-bond donors (Lipinski definition) is 1. The summed E-state index contributed by atoms with van der Waals surface area (Å²) in [7, 11) is -3.66. The number of sulfonamides is 1. The van der Waals surface area contributed by atoms with Gasteiger partial charge < -0.3 is 15.0 Å². The van der Waals surface area contributed by atoms with Crippen molar-refractivity contribution >= 4 is 27.9 Å². The number of rotatable bonds is 4. The van der Waals surface area contributed by atoms with E-state index in [-0.39, 0.29) is 44.1 Å². The molecule has 0 radical (unpaired) electrons. The lowest BCUT2D eigenvalue weighted by atomic mass is 9.84. The molecule has 3 aliphatic rings. The molecule has 1 spiro atoms. The lowest BCUT2D eigenvalue weighted by molar-refractivity contribution is -0.140. The third-order valence-electron chi connectivity index (χ3n) is 6.80. The van der Waals surface area contributed by atoms with E-state index in [1.807, 2.05) is 6.92 Å². The van der Waals surface area contributed by atoms with E-state index in [9.17, 15) is 22.8 Å². The molecule has 3 heterocycles. The van der Waals surface area contributed by atoms with E-state index in [0.717, 1.165) is 10.5 Å². The van der Waals surface area contributed by atoms with Crippen LogP contribution in [-0.4, -0.2) is 79.7 Å². The second kappa shape index (κ2) is 8.65. The van der Waals surface area contributed by atoms with Crippen LogP contribution in [0.4, 0.5) is 4.79 Å². The Balaban J connectivity index is 1.25. The third kappa shape index (κ3) is 3.94. The SMILES string of the molecule is Cc1ccc(S(=O)(=O)N2CCN(C(=O)CN3C(=O)N[C@@]4(CCOc5ccccc54)C3=O)CC2)cc1. The number of piperazine rings is 1. The largest absolute Gasteiger partial charge is 0.493 e. The molecule has 2 aromatic carbocycles. The molecule has 1 N–H and O–H groups in total. The third-order valence-corrected chi connectivity index (χ3v) is 8.71. The zero-order valence-electron chi connectivity index (χ0n) is 19.3. The normalized spacial score (nSPS) is 22.7. The minimum absolute atomic E-state index is 0.136. The van der Waals surface area contributed by atoms with Crippen LogP contribution in [0.5, 0.6) is 5.75 Å². The van der Waals surface area contributed by atoms with Gasteiger partial charge in [-0.05, 0) is 25.1 Å². The molecule has 5 rings (SSSR count). The van der Waals surface area contributed by atoms with Crippen molar-refractivity contribution in [2.75, 3.05) is 39.3 Å². The Morgan fingerprint density at radius 3 is 2.43 bits per heavy atom. The van der Waals surface area contributed by atoms with Crippen LogP contribution in [0, 0.1) is 6.92 Å². The van der Waals surface area contributed by atoms with Crippen molar-refractivity contribution in [1.82, 2.24) is 19.4 Å². The van der Waals surface area contributed by atoms with Crippen LogP contribution in [0.2, 0.25) is 0 Å². The molecule has 0 aliphatic carbocycles. The summed E-state index contributed by atoms with van der Waals surface area (Å²) >= 11 is 0. The van der Waals surface area contributed by atoms with Gasteiger partial charge >= 0.3 is 6.03 Å². The molecule has 4 amide bonds. The Bertz CT molecular complexity index is 1290. The number of imide groups is 1. The van der Waals surface area contributed by atoms with Crippen molar-refractivity contribution < 1.29 is 27.5 Å². The van der Waals surface area contributed by atoms with Crippen molar-refractivity contribution in [2.45, 2.75) is 23.8 Å². The molecule has 2 aromatic rings. The molecule has 1 atom stereocenters. The fraction of sp³-hybridized carbons (Fsp3) is 0.375. The van der Waals surface area contributed by atoms with E-state index in [0.29, 0.717) is 11.3 Å². The van der Waals surface area contributed by atoms with Gasteiger partial charge in [-0.25, -0.2) is 13.2 Å². The second-order valence-corrected chi connectivity index (χ2v) is 10.9. The molecule has 184 valence electrons. The molecule has 0 aromatic heterocycles. The molecule has 0 bridgehead atoms. The molecular formula is C24H26N4O6S. The van der Waals surface area contributed by atoms with Crippen molar-refractivity contribution in [1.29, 1.82) is 0 Å². The van der Waals surface area contributed by atoms with Crippen molar-refractivity contribution in [3.63, 3.8) is 0 Å². The zero-order chi connectivity index (χ0) is 24.8. The highest BCUT2D eigenvalue weighted by Crippen LogP contribution is 2.40. The van der Waals surface area contributed by atoms with Gasteiger partial charge in [0.05, 0.1) is 11.5 Å². The molecule has 2 fully saturated rings. The quantitative estimate of drug-likeness (QED) is 0.630. The number of carbonyl (C=O) groups excluding carboxylic acids is 3.